The minimum atomic E-state index is 0.0921. The van der Waals surface area contributed by atoms with Crippen LogP contribution in [0.3, 0.4) is 0 Å². The topological polar surface area (TPSA) is 50.5 Å². The van der Waals surface area contributed by atoms with Crippen molar-refractivity contribution < 1.29 is 9.52 Å². The molecule has 0 N–H and O–H groups in total. The Kier molecular flexibility index (Phi) is 7.23. The van der Waals surface area contributed by atoms with Gasteiger partial charge in [0.05, 0.1) is 5.56 Å². The first-order chi connectivity index (χ1) is 15.1. The predicted octanol–water partition coefficient (Wildman–Crippen LogP) is 3.97. The van der Waals surface area contributed by atoms with Gasteiger partial charge in [-0.2, -0.15) is 4.73 Å². The third kappa shape index (κ3) is 5.65. The molecular formula is C26H35N3O2. The molecule has 0 atom stereocenters. The second kappa shape index (κ2) is 10.3. The van der Waals surface area contributed by atoms with Crippen LogP contribution in [0.25, 0.3) is 0 Å². The Morgan fingerprint density at radius 2 is 1.74 bits per heavy atom. The summed E-state index contributed by atoms with van der Waals surface area (Å²) in [6, 6.07) is 12.3. The minimum absolute atomic E-state index is 0.0921. The first kappa shape index (κ1) is 21.8. The van der Waals surface area contributed by atoms with Gasteiger partial charge in [0.25, 0.3) is 5.91 Å². The molecule has 1 saturated carbocycles. The third-order valence-corrected chi connectivity index (χ3v) is 7.20. The van der Waals surface area contributed by atoms with Crippen LogP contribution >= 0.6 is 0 Å². The molecule has 0 radical (unpaired) electrons. The number of piperidine rings is 1. The molecule has 1 aliphatic heterocycles. The fourth-order valence-electron chi connectivity index (χ4n) is 5.17. The molecular weight excluding hydrogens is 386 g/mol. The van der Waals surface area contributed by atoms with Gasteiger partial charge in [-0.25, -0.2) is 0 Å². The van der Waals surface area contributed by atoms with Gasteiger partial charge < -0.3 is 15.0 Å². The number of carbonyl (C=O) groups excluding carboxylic acids is 1. The summed E-state index contributed by atoms with van der Waals surface area (Å²) >= 11 is 0. The lowest BCUT2D eigenvalue weighted by molar-refractivity contribution is -0.605. The lowest BCUT2D eigenvalue weighted by Crippen LogP contribution is -2.45. The lowest BCUT2D eigenvalue weighted by Gasteiger charge is -2.37. The van der Waals surface area contributed by atoms with Gasteiger partial charge in [0.2, 0.25) is 0 Å². The van der Waals surface area contributed by atoms with Crippen molar-refractivity contribution in [2.45, 2.75) is 57.9 Å². The van der Waals surface area contributed by atoms with Gasteiger partial charge in [-0.3, -0.25) is 4.79 Å². The lowest BCUT2D eigenvalue weighted by atomic mass is 9.94. The van der Waals surface area contributed by atoms with Gasteiger partial charge in [0.15, 0.2) is 12.4 Å². The largest absolute Gasteiger partial charge is 0.619 e. The van der Waals surface area contributed by atoms with E-state index in [4.69, 9.17) is 0 Å². The van der Waals surface area contributed by atoms with Gasteiger partial charge in [0.1, 0.15) is 0 Å². The van der Waals surface area contributed by atoms with E-state index in [0.29, 0.717) is 17.5 Å². The number of likely N-dealkylation sites (tertiary alicyclic amines) is 1. The van der Waals surface area contributed by atoms with Crippen molar-refractivity contribution in [3.05, 3.63) is 70.7 Å². The molecule has 1 aromatic heterocycles. The summed E-state index contributed by atoms with van der Waals surface area (Å²) in [7, 11) is 0. The van der Waals surface area contributed by atoms with E-state index >= 15 is 0 Å². The van der Waals surface area contributed by atoms with Crippen molar-refractivity contribution in [3.63, 3.8) is 0 Å². The fraction of sp³-hybridized carbons (Fsp3) is 0.538. The van der Waals surface area contributed by atoms with Crippen LogP contribution < -0.4 is 4.73 Å². The maximum absolute atomic E-state index is 13.3. The first-order valence-electron chi connectivity index (χ1n) is 11.9. The van der Waals surface area contributed by atoms with E-state index < -0.39 is 0 Å². The Labute approximate surface area is 186 Å². The molecule has 0 bridgehead atoms. The van der Waals surface area contributed by atoms with E-state index in [0.717, 1.165) is 63.0 Å². The summed E-state index contributed by atoms with van der Waals surface area (Å²) in [5.74, 6) is 0.655. The maximum Gasteiger partial charge on any atom is 0.254 e. The molecule has 2 fully saturated rings. The highest BCUT2D eigenvalue weighted by Crippen LogP contribution is 2.28. The van der Waals surface area contributed by atoms with Crippen molar-refractivity contribution in [2.75, 3.05) is 26.2 Å². The number of aromatic nitrogens is 1. The summed E-state index contributed by atoms with van der Waals surface area (Å²) in [6.07, 6.45) is 10.9. The van der Waals surface area contributed by atoms with E-state index in [1.165, 1.54) is 36.4 Å². The summed E-state index contributed by atoms with van der Waals surface area (Å²) in [4.78, 5) is 18.0. The first-order valence-corrected chi connectivity index (χ1v) is 11.9. The number of hydrogen-bond donors (Lipinski definition) is 0. The number of aryl methyl sites for hydroxylation is 1. The number of carbonyl (C=O) groups is 1. The highest BCUT2D eigenvalue weighted by Gasteiger charge is 2.31. The van der Waals surface area contributed by atoms with Gasteiger partial charge in [-0.15, -0.1) is 0 Å². The normalized spacial score (nSPS) is 18.4. The van der Waals surface area contributed by atoms with E-state index in [2.05, 4.69) is 41.0 Å². The molecule has 1 aromatic carbocycles. The third-order valence-electron chi connectivity index (χ3n) is 7.20. The molecule has 31 heavy (non-hydrogen) atoms. The van der Waals surface area contributed by atoms with Gasteiger partial charge in [0, 0.05) is 31.3 Å². The molecule has 0 spiro atoms. The van der Waals surface area contributed by atoms with Crippen LogP contribution in [0.4, 0.5) is 0 Å². The van der Waals surface area contributed by atoms with Crippen LogP contribution in [0.15, 0.2) is 48.8 Å². The molecule has 5 heteroatoms. The number of rotatable bonds is 7. The van der Waals surface area contributed by atoms with Crippen LogP contribution in [0, 0.1) is 18.0 Å². The molecule has 4 rings (SSSR count). The van der Waals surface area contributed by atoms with Crippen LogP contribution in [0.2, 0.25) is 0 Å². The van der Waals surface area contributed by atoms with Crippen molar-refractivity contribution in [2.24, 2.45) is 5.92 Å². The summed E-state index contributed by atoms with van der Waals surface area (Å²) in [5, 5.41) is 11.4. The zero-order valence-electron chi connectivity index (χ0n) is 18.7. The molecule has 5 nitrogen and oxygen atoms in total. The molecule has 2 aromatic rings. The Morgan fingerprint density at radius 1 is 1.06 bits per heavy atom. The standard InChI is InChI=1S/C26H35N3O2/c1-21-6-2-3-7-23(21)12-17-27-15-10-22(11-16-27)20-29(25-8-4-5-9-25)26(30)24-13-18-28(31)19-14-24/h2-3,6-7,13-14,18-19,22,25H,4-5,8-12,15-17,20H2,1H3. The zero-order chi connectivity index (χ0) is 21.6. The van der Waals surface area contributed by atoms with Crippen LogP contribution in [-0.2, 0) is 6.42 Å². The molecule has 1 amide bonds. The van der Waals surface area contributed by atoms with E-state index in [1.54, 1.807) is 12.1 Å². The second-order valence-corrected chi connectivity index (χ2v) is 9.30. The number of amides is 1. The van der Waals surface area contributed by atoms with Crippen LogP contribution in [0.1, 0.15) is 60.0 Å². The van der Waals surface area contributed by atoms with E-state index in [1.807, 2.05) is 0 Å². The summed E-state index contributed by atoms with van der Waals surface area (Å²) in [5.41, 5.74) is 3.46. The Bertz CT molecular complexity index is 853. The van der Waals surface area contributed by atoms with Crippen LogP contribution in [0.5, 0.6) is 0 Å². The quantitative estimate of drug-likeness (QED) is 0.502. The fourth-order valence-corrected chi connectivity index (χ4v) is 5.17. The second-order valence-electron chi connectivity index (χ2n) is 9.30. The van der Waals surface area contributed by atoms with Crippen LogP contribution in [-0.4, -0.2) is 47.9 Å². The average molecular weight is 422 g/mol. The molecule has 1 aliphatic carbocycles. The number of nitrogens with zero attached hydrogens (tertiary/aromatic N) is 3. The molecule has 2 heterocycles. The number of hydrogen-bond acceptors (Lipinski definition) is 3. The number of pyridine rings is 1. The zero-order valence-corrected chi connectivity index (χ0v) is 18.7. The van der Waals surface area contributed by atoms with Gasteiger partial charge >= 0.3 is 0 Å². The van der Waals surface area contributed by atoms with Crippen molar-refractivity contribution in [1.29, 1.82) is 0 Å². The van der Waals surface area contributed by atoms with Gasteiger partial charge in [-0.05, 0) is 69.2 Å². The highest BCUT2D eigenvalue weighted by molar-refractivity contribution is 5.94. The van der Waals surface area contributed by atoms with Crippen molar-refractivity contribution >= 4 is 5.91 Å². The molecule has 2 aliphatic rings. The predicted molar refractivity (Wildman–Crippen MR) is 123 cm³/mol. The van der Waals surface area contributed by atoms with Crippen molar-refractivity contribution in [1.82, 2.24) is 9.80 Å². The molecule has 1 saturated heterocycles. The maximum atomic E-state index is 13.3. The molecule has 0 unspecified atom stereocenters. The summed E-state index contributed by atoms with van der Waals surface area (Å²) in [6.45, 7) is 6.39. The molecule has 166 valence electrons. The highest BCUT2D eigenvalue weighted by atomic mass is 16.5. The van der Waals surface area contributed by atoms with Crippen molar-refractivity contribution in [3.8, 4) is 0 Å². The number of benzene rings is 1. The smallest absolute Gasteiger partial charge is 0.254 e. The minimum Gasteiger partial charge on any atom is -0.619 e. The van der Waals surface area contributed by atoms with E-state index in [-0.39, 0.29) is 5.91 Å². The summed E-state index contributed by atoms with van der Waals surface area (Å²) < 4.78 is 0.739. The average Bonchev–Trinajstić information content (AvgIpc) is 3.32. The monoisotopic (exact) mass is 421 g/mol. The Morgan fingerprint density at radius 3 is 2.42 bits per heavy atom. The SMILES string of the molecule is Cc1ccccc1CCN1CCC(CN(C(=O)c2cc[n+]([O-])cc2)C2CCCC2)CC1. The van der Waals surface area contributed by atoms with E-state index in [9.17, 15) is 10.0 Å². The Hall–Kier alpha value is -2.40. The Balaban J connectivity index is 1.32. The van der Waals surface area contributed by atoms with Gasteiger partial charge in [-0.1, -0.05) is 37.1 Å².